The fourth-order valence-electron chi connectivity index (χ4n) is 7.55. The number of nitrogens with one attached hydrogen (secondary N) is 2. The van der Waals surface area contributed by atoms with Crippen LogP contribution in [0.25, 0.3) is 0 Å². The van der Waals surface area contributed by atoms with Crippen molar-refractivity contribution in [3.05, 3.63) is 94.0 Å². The maximum Gasteiger partial charge on any atom is 0.251 e. The average molecular weight is 498 g/mol. The van der Waals surface area contributed by atoms with Crippen molar-refractivity contribution in [3.8, 4) is 0 Å². The standard InChI is InChI=1S/C29H24ClN3O3/c1-16-14-19-24(20(30)15-16)32-27(36)29(19)28(18-10-5-6-11-21(18)31-26(28)35)23(22-12-7-13-33(22)29)25(34)17-8-3-2-4-9-17/h2-6,8-11,14-15,22-23H,7,12-13H2,1H3,(H,31,35)(H,32,36)/t22-,23-,28+,29+/m0/s1. The molecular weight excluding hydrogens is 474 g/mol. The lowest BCUT2D eigenvalue weighted by Crippen LogP contribution is -2.62. The largest absolute Gasteiger partial charge is 0.325 e. The number of rotatable bonds is 2. The van der Waals surface area contributed by atoms with Crippen molar-refractivity contribution in [1.29, 1.82) is 0 Å². The summed E-state index contributed by atoms with van der Waals surface area (Å²) >= 11 is 6.67. The van der Waals surface area contributed by atoms with Crippen molar-refractivity contribution in [1.82, 2.24) is 4.90 Å². The summed E-state index contributed by atoms with van der Waals surface area (Å²) < 4.78 is 0. The molecule has 36 heavy (non-hydrogen) atoms. The number of anilines is 2. The van der Waals surface area contributed by atoms with Gasteiger partial charge in [0.15, 0.2) is 5.78 Å². The third kappa shape index (κ3) is 2.34. The van der Waals surface area contributed by atoms with E-state index in [-0.39, 0.29) is 23.6 Å². The zero-order chi connectivity index (χ0) is 24.8. The molecule has 0 radical (unpaired) electrons. The molecule has 4 atom stereocenters. The van der Waals surface area contributed by atoms with E-state index in [2.05, 4.69) is 15.5 Å². The third-order valence-corrected chi connectivity index (χ3v) is 8.94. The molecule has 0 aromatic heterocycles. The smallest absolute Gasteiger partial charge is 0.251 e. The first-order chi connectivity index (χ1) is 17.4. The SMILES string of the molecule is Cc1cc(Cl)c2c(c1)[C@]1(C(=O)N2)N2CCC[C@H]2[C@@H](C(=O)c2ccccc2)[C@]12C(=O)Nc1ccccc12. The molecule has 2 amide bonds. The van der Waals surface area contributed by atoms with Crippen LogP contribution in [0, 0.1) is 12.8 Å². The summed E-state index contributed by atoms with van der Waals surface area (Å²) in [5, 5.41) is 6.53. The Hall–Kier alpha value is -3.48. The van der Waals surface area contributed by atoms with Crippen LogP contribution in [-0.4, -0.2) is 35.1 Å². The number of benzene rings is 3. The number of halogens is 1. The Bertz CT molecular complexity index is 1490. The molecule has 2 N–H and O–H groups in total. The van der Waals surface area contributed by atoms with Crippen LogP contribution in [0.4, 0.5) is 11.4 Å². The number of carbonyl (C=O) groups excluding carboxylic acids is 3. The maximum atomic E-state index is 14.4. The topological polar surface area (TPSA) is 78.5 Å². The Balaban J connectivity index is 1.62. The second-order valence-corrected chi connectivity index (χ2v) is 10.7. The number of nitrogens with zero attached hydrogens (tertiary/aromatic N) is 1. The number of Topliss-reactive ketones (excluding diaryl/α,β-unsaturated/α-hetero) is 1. The fourth-order valence-corrected chi connectivity index (χ4v) is 7.87. The van der Waals surface area contributed by atoms with Crippen molar-refractivity contribution in [3.63, 3.8) is 0 Å². The molecular formula is C29H24ClN3O3. The van der Waals surface area contributed by atoms with Crippen molar-refractivity contribution < 1.29 is 14.4 Å². The van der Waals surface area contributed by atoms with Gasteiger partial charge in [0.05, 0.1) is 16.6 Å². The minimum absolute atomic E-state index is 0.115. The summed E-state index contributed by atoms with van der Waals surface area (Å²) in [7, 11) is 0. The molecule has 180 valence electrons. The highest BCUT2D eigenvalue weighted by Crippen LogP contribution is 2.68. The van der Waals surface area contributed by atoms with Crippen LogP contribution < -0.4 is 10.6 Å². The van der Waals surface area contributed by atoms with E-state index >= 15 is 0 Å². The van der Waals surface area contributed by atoms with Crippen molar-refractivity contribution >= 4 is 40.6 Å². The lowest BCUT2D eigenvalue weighted by atomic mass is 9.57. The molecule has 6 nitrogen and oxygen atoms in total. The molecule has 0 bridgehead atoms. The van der Waals surface area contributed by atoms with E-state index in [1.54, 1.807) is 12.1 Å². The minimum Gasteiger partial charge on any atom is -0.325 e. The Kier molecular flexibility index (Phi) is 4.40. The molecule has 2 spiro atoms. The predicted molar refractivity (Wildman–Crippen MR) is 137 cm³/mol. The molecule has 2 fully saturated rings. The summed E-state index contributed by atoms with van der Waals surface area (Å²) in [6.07, 6.45) is 1.57. The van der Waals surface area contributed by atoms with Crippen LogP contribution >= 0.6 is 11.6 Å². The second kappa shape index (κ2) is 7.28. The number of aryl methyl sites for hydroxylation is 1. The van der Waals surface area contributed by atoms with Gasteiger partial charge < -0.3 is 10.6 Å². The van der Waals surface area contributed by atoms with E-state index in [0.29, 0.717) is 39.6 Å². The van der Waals surface area contributed by atoms with Gasteiger partial charge in [-0.1, -0.05) is 66.2 Å². The van der Waals surface area contributed by atoms with Crippen LogP contribution in [0.15, 0.2) is 66.7 Å². The van der Waals surface area contributed by atoms with Gasteiger partial charge in [0.25, 0.3) is 5.91 Å². The van der Waals surface area contributed by atoms with Gasteiger partial charge in [0.1, 0.15) is 11.0 Å². The fraction of sp³-hybridized carbons (Fsp3) is 0.276. The van der Waals surface area contributed by atoms with Crippen LogP contribution in [0.3, 0.4) is 0 Å². The number of ketones is 1. The monoisotopic (exact) mass is 497 g/mol. The number of hydrogen-bond donors (Lipinski definition) is 2. The third-order valence-electron chi connectivity index (χ3n) is 8.64. The molecule has 0 aliphatic carbocycles. The Morgan fingerprint density at radius 3 is 2.53 bits per heavy atom. The summed E-state index contributed by atoms with van der Waals surface area (Å²) in [4.78, 5) is 45.4. The quantitative estimate of drug-likeness (QED) is 0.505. The molecule has 0 unspecified atom stereocenters. The Labute approximate surface area is 213 Å². The lowest BCUT2D eigenvalue weighted by molar-refractivity contribution is -0.137. The van der Waals surface area contributed by atoms with Crippen LogP contribution in [0.5, 0.6) is 0 Å². The van der Waals surface area contributed by atoms with Gasteiger partial charge in [-0.05, 0) is 49.6 Å². The van der Waals surface area contributed by atoms with Crippen molar-refractivity contribution in [2.24, 2.45) is 5.92 Å². The molecule has 4 aliphatic heterocycles. The highest BCUT2D eigenvalue weighted by molar-refractivity contribution is 6.35. The van der Waals surface area contributed by atoms with Gasteiger partial charge in [-0.15, -0.1) is 0 Å². The van der Waals surface area contributed by atoms with Gasteiger partial charge in [-0.25, -0.2) is 0 Å². The number of fused-ring (bicyclic) bond motifs is 7. The lowest BCUT2D eigenvalue weighted by Gasteiger charge is -2.43. The van der Waals surface area contributed by atoms with Gasteiger partial charge in [-0.3, -0.25) is 19.3 Å². The highest BCUT2D eigenvalue weighted by atomic mass is 35.5. The molecule has 4 heterocycles. The first-order valence-corrected chi connectivity index (χ1v) is 12.7. The first-order valence-electron chi connectivity index (χ1n) is 12.3. The normalized spacial score (nSPS) is 29.8. The van der Waals surface area contributed by atoms with E-state index < -0.39 is 16.9 Å². The maximum absolute atomic E-state index is 14.4. The van der Waals surface area contributed by atoms with E-state index in [0.717, 1.165) is 18.4 Å². The van der Waals surface area contributed by atoms with Gasteiger partial charge >= 0.3 is 0 Å². The second-order valence-electron chi connectivity index (χ2n) is 10.3. The van der Waals surface area contributed by atoms with Crippen molar-refractivity contribution in [2.45, 2.75) is 36.8 Å². The number of carbonyl (C=O) groups is 3. The van der Waals surface area contributed by atoms with Gasteiger partial charge in [0.2, 0.25) is 5.91 Å². The highest BCUT2D eigenvalue weighted by Gasteiger charge is 2.81. The number of amides is 2. The Morgan fingerprint density at radius 1 is 0.972 bits per heavy atom. The average Bonchev–Trinajstić information content (AvgIpc) is 3.59. The molecule has 4 aliphatic rings. The van der Waals surface area contributed by atoms with Crippen molar-refractivity contribution in [2.75, 3.05) is 17.2 Å². The molecule has 2 saturated heterocycles. The van der Waals surface area contributed by atoms with E-state index in [1.165, 1.54) is 0 Å². The first kappa shape index (κ1) is 21.8. The summed E-state index contributed by atoms with van der Waals surface area (Å²) in [6.45, 7) is 2.54. The summed E-state index contributed by atoms with van der Waals surface area (Å²) in [6, 6.07) is 20.1. The molecule has 3 aromatic carbocycles. The van der Waals surface area contributed by atoms with Gasteiger partial charge in [0, 0.05) is 22.9 Å². The van der Waals surface area contributed by atoms with E-state index in [1.807, 2.05) is 61.5 Å². The number of hydrogen-bond acceptors (Lipinski definition) is 4. The minimum atomic E-state index is -1.45. The van der Waals surface area contributed by atoms with Crippen LogP contribution in [-0.2, 0) is 20.5 Å². The van der Waals surface area contributed by atoms with Crippen LogP contribution in [0.1, 0.15) is 39.9 Å². The predicted octanol–water partition coefficient (Wildman–Crippen LogP) is 4.66. The molecule has 0 saturated carbocycles. The molecule has 7 heteroatoms. The number of para-hydroxylation sites is 1. The van der Waals surface area contributed by atoms with E-state index in [9.17, 15) is 14.4 Å². The zero-order valence-corrected chi connectivity index (χ0v) is 20.4. The van der Waals surface area contributed by atoms with Crippen LogP contribution in [0.2, 0.25) is 5.02 Å². The van der Waals surface area contributed by atoms with Gasteiger partial charge in [-0.2, -0.15) is 0 Å². The summed E-state index contributed by atoms with van der Waals surface area (Å²) in [5.41, 5.74) is 1.14. The van der Waals surface area contributed by atoms with E-state index in [4.69, 9.17) is 11.6 Å². The zero-order valence-electron chi connectivity index (χ0n) is 19.7. The Morgan fingerprint density at radius 2 is 1.72 bits per heavy atom. The summed E-state index contributed by atoms with van der Waals surface area (Å²) in [5.74, 6) is -1.47. The molecule has 7 rings (SSSR count). The molecule has 3 aromatic rings.